The quantitative estimate of drug-likeness (QED) is 0.130. The molecule has 2 unspecified atom stereocenters. The second-order valence-corrected chi connectivity index (χ2v) is 17.8. The molecule has 2 aliphatic heterocycles. The molecule has 1 aromatic carbocycles. The monoisotopic (exact) mass is 778 g/mol. The van der Waals surface area contributed by atoms with Gasteiger partial charge in [-0.1, -0.05) is 11.6 Å². The zero-order valence-electron chi connectivity index (χ0n) is 31.3. The van der Waals surface area contributed by atoms with E-state index in [0.717, 1.165) is 49.5 Å². The summed E-state index contributed by atoms with van der Waals surface area (Å²) in [5.41, 5.74) is -0.121. The first kappa shape index (κ1) is 36.3. The predicted octanol–water partition coefficient (Wildman–Crippen LogP) is 8.16. The van der Waals surface area contributed by atoms with E-state index >= 15 is 8.78 Å². The number of pyridine rings is 2. The number of alkyl halides is 2. The molecule has 3 saturated carbocycles. The van der Waals surface area contributed by atoms with Gasteiger partial charge in [-0.3, -0.25) is 19.5 Å². The molecule has 10 nitrogen and oxygen atoms in total. The van der Waals surface area contributed by atoms with Gasteiger partial charge in [0.25, 0.3) is 12.3 Å². The van der Waals surface area contributed by atoms with E-state index in [1.54, 1.807) is 18.6 Å². The van der Waals surface area contributed by atoms with Gasteiger partial charge in [0.2, 0.25) is 5.91 Å². The van der Waals surface area contributed by atoms with E-state index in [9.17, 15) is 18.4 Å². The Morgan fingerprint density at radius 1 is 1.00 bits per heavy atom. The number of carbonyl (C=O) groups excluding carboxylic acids is 2. The second kappa shape index (κ2) is 12.3. The van der Waals surface area contributed by atoms with Gasteiger partial charge in [-0.05, 0) is 103 Å². The van der Waals surface area contributed by atoms with Crippen molar-refractivity contribution in [1.29, 1.82) is 0 Å². The minimum absolute atomic E-state index is 0.00312. The summed E-state index contributed by atoms with van der Waals surface area (Å²) < 4.78 is 60.0. The van der Waals surface area contributed by atoms with Crippen LogP contribution in [0.5, 0.6) is 0 Å². The van der Waals surface area contributed by atoms with Gasteiger partial charge in [-0.15, -0.1) is 0 Å². The van der Waals surface area contributed by atoms with Crippen molar-refractivity contribution in [1.82, 2.24) is 29.7 Å². The first-order chi connectivity index (χ1) is 26.0. The fourth-order valence-corrected chi connectivity index (χ4v) is 9.45. The van der Waals surface area contributed by atoms with Crippen LogP contribution < -0.4 is 15.5 Å². The highest BCUT2D eigenvalue weighted by Gasteiger charge is 2.57. The molecule has 4 aromatic rings. The molecule has 9 rings (SSSR count). The van der Waals surface area contributed by atoms with Gasteiger partial charge in [0, 0.05) is 42.5 Å². The topological polar surface area (TPSA) is 108 Å². The standard InChI is InChI=1S/C40H43ClF4N8O2/c1-19(2)52-18-47-27-12-25(48-34(32(27)52)49-26-11-24(29(41)31(43)30(26)42)35(54)50-40(8-9-40)36(44)45)22-10-28-33(46-15-22)38(3,4)37(55)53(28)23-13-39(5,14-23)51-16-20-6-7-21(20)17-51/h10-12,15,18-21,23,36H,6-9,13-14,16-17H2,1-5H3,(H,48,49)(H,50,54). The minimum atomic E-state index is -2.83. The van der Waals surface area contributed by atoms with Crippen LogP contribution in [0.4, 0.5) is 34.8 Å². The van der Waals surface area contributed by atoms with Crippen LogP contribution in [0.1, 0.15) is 95.2 Å². The Kier molecular flexibility index (Phi) is 8.16. The Morgan fingerprint density at radius 2 is 1.69 bits per heavy atom. The van der Waals surface area contributed by atoms with Crippen molar-refractivity contribution in [3.05, 3.63) is 58.6 Å². The molecule has 2 amide bonds. The molecule has 0 radical (unpaired) electrons. The number of fused-ring (bicyclic) bond motifs is 3. The van der Waals surface area contributed by atoms with Gasteiger partial charge in [0.1, 0.15) is 11.1 Å². The molecule has 4 fully saturated rings. The van der Waals surface area contributed by atoms with Crippen molar-refractivity contribution >= 4 is 51.6 Å². The van der Waals surface area contributed by atoms with Gasteiger partial charge >= 0.3 is 0 Å². The van der Waals surface area contributed by atoms with Crippen molar-refractivity contribution in [2.24, 2.45) is 11.8 Å². The van der Waals surface area contributed by atoms with Crippen molar-refractivity contribution in [2.45, 2.75) is 108 Å². The Hall–Kier alpha value is -4.30. The zero-order chi connectivity index (χ0) is 38.9. The van der Waals surface area contributed by atoms with Crippen LogP contribution >= 0.6 is 11.6 Å². The second-order valence-electron chi connectivity index (χ2n) is 17.4. The predicted molar refractivity (Wildman–Crippen MR) is 201 cm³/mol. The third-order valence-electron chi connectivity index (χ3n) is 13.1. The average Bonchev–Trinajstić information content (AvgIpc) is 3.60. The SMILES string of the molecule is CC(C)n1cnc2cc(-c3cnc4c(c3)N(C3CC(C)(N5CC6CCC6C5)C3)C(=O)C4(C)C)nc(Nc3cc(C(=O)NC4(C(F)F)CC4)c(Cl)c(F)c3F)c21. The fourth-order valence-electron chi connectivity index (χ4n) is 9.23. The van der Waals surface area contributed by atoms with E-state index < -0.39 is 51.2 Å². The first-order valence-electron chi connectivity index (χ1n) is 19.0. The lowest BCUT2D eigenvalue weighted by Gasteiger charge is -2.54. The van der Waals surface area contributed by atoms with Crippen LogP contribution in [0.15, 0.2) is 30.7 Å². The average molecular weight is 779 g/mol. The number of carbonyl (C=O) groups is 2. The summed E-state index contributed by atoms with van der Waals surface area (Å²) in [6, 6.07) is 4.60. The lowest BCUT2D eigenvalue weighted by atomic mass is 9.72. The Morgan fingerprint density at radius 3 is 2.31 bits per heavy atom. The molecular formula is C40H43ClF4N8O2. The van der Waals surface area contributed by atoms with Gasteiger partial charge in [-0.25, -0.2) is 27.5 Å². The summed E-state index contributed by atoms with van der Waals surface area (Å²) in [4.78, 5) is 46.1. The lowest BCUT2D eigenvalue weighted by Crippen LogP contribution is -2.62. The Bertz CT molecular complexity index is 2270. The zero-order valence-corrected chi connectivity index (χ0v) is 32.1. The highest BCUT2D eigenvalue weighted by atomic mass is 35.5. The number of anilines is 3. The number of benzene rings is 1. The van der Waals surface area contributed by atoms with Crippen LogP contribution in [-0.2, 0) is 10.2 Å². The summed E-state index contributed by atoms with van der Waals surface area (Å²) in [6.07, 6.45) is 4.90. The van der Waals surface area contributed by atoms with Gasteiger partial charge in [0.05, 0.1) is 50.6 Å². The molecule has 2 N–H and O–H groups in total. The molecule has 15 heteroatoms. The third kappa shape index (κ3) is 5.55. The molecule has 3 aliphatic carbocycles. The highest BCUT2D eigenvalue weighted by Crippen LogP contribution is 2.52. The van der Waals surface area contributed by atoms with Crippen molar-refractivity contribution in [3.8, 4) is 11.3 Å². The third-order valence-corrected chi connectivity index (χ3v) is 13.4. The first-order valence-corrected chi connectivity index (χ1v) is 19.4. The van der Waals surface area contributed by atoms with E-state index in [2.05, 4.69) is 27.4 Å². The summed E-state index contributed by atoms with van der Waals surface area (Å²) in [6.45, 7) is 12.2. The van der Waals surface area contributed by atoms with Crippen LogP contribution in [0.3, 0.4) is 0 Å². The molecular weight excluding hydrogens is 736 g/mol. The molecule has 0 spiro atoms. The van der Waals surface area contributed by atoms with Crippen molar-refractivity contribution in [3.63, 3.8) is 0 Å². The summed E-state index contributed by atoms with van der Waals surface area (Å²) in [5, 5.41) is 4.31. The highest BCUT2D eigenvalue weighted by molar-refractivity contribution is 6.34. The van der Waals surface area contributed by atoms with Crippen molar-refractivity contribution < 1.29 is 27.2 Å². The van der Waals surface area contributed by atoms with Crippen LogP contribution in [0.2, 0.25) is 5.02 Å². The smallest absolute Gasteiger partial charge is 0.261 e. The largest absolute Gasteiger partial charge is 0.341 e. The van der Waals surface area contributed by atoms with Crippen LogP contribution in [0.25, 0.3) is 22.3 Å². The van der Waals surface area contributed by atoms with E-state index in [4.69, 9.17) is 21.6 Å². The van der Waals surface area contributed by atoms with E-state index in [0.29, 0.717) is 28.0 Å². The van der Waals surface area contributed by atoms with Gasteiger partial charge in [0.15, 0.2) is 17.5 Å². The van der Waals surface area contributed by atoms with E-state index in [-0.39, 0.29) is 42.2 Å². The van der Waals surface area contributed by atoms with Gasteiger partial charge in [-0.2, -0.15) is 0 Å². The Balaban J connectivity index is 1.08. The number of aromatic nitrogens is 4. The number of nitrogens with zero attached hydrogens (tertiary/aromatic N) is 6. The molecule has 1 saturated heterocycles. The van der Waals surface area contributed by atoms with Crippen molar-refractivity contribution in [2.75, 3.05) is 23.3 Å². The Labute approximate surface area is 321 Å². The van der Waals surface area contributed by atoms with Crippen LogP contribution in [0, 0.1) is 23.5 Å². The maximum atomic E-state index is 15.6. The van der Waals surface area contributed by atoms with Gasteiger partial charge < -0.3 is 20.1 Å². The van der Waals surface area contributed by atoms with Crippen LogP contribution in [-0.4, -0.2) is 72.9 Å². The summed E-state index contributed by atoms with van der Waals surface area (Å²) in [7, 11) is 0. The number of amides is 2. The number of rotatable bonds is 9. The molecule has 290 valence electrons. The molecule has 2 atom stereocenters. The fraction of sp³-hybridized carbons (Fsp3) is 0.525. The number of likely N-dealkylation sites (tertiary alicyclic amines) is 1. The van der Waals surface area contributed by atoms with E-state index in [1.807, 2.05) is 43.2 Å². The maximum absolute atomic E-state index is 15.6. The molecule has 5 aliphatic rings. The number of hydrogen-bond acceptors (Lipinski definition) is 7. The normalized spacial score (nSPS) is 26.3. The number of nitrogens with one attached hydrogen (secondary N) is 2. The summed E-state index contributed by atoms with van der Waals surface area (Å²) in [5.74, 6) is -2.23. The number of imidazole rings is 1. The minimum Gasteiger partial charge on any atom is -0.341 e. The molecule has 5 heterocycles. The summed E-state index contributed by atoms with van der Waals surface area (Å²) >= 11 is 6.08. The lowest BCUT2D eigenvalue weighted by molar-refractivity contribution is -0.123. The number of hydrogen-bond donors (Lipinski definition) is 2. The maximum Gasteiger partial charge on any atom is 0.261 e. The number of halogens is 5. The van der Waals surface area contributed by atoms with E-state index in [1.165, 1.54) is 12.8 Å². The molecule has 3 aromatic heterocycles. The molecule has 55 heavy (non-hydrogen) atoms. The molecule has 0 bridgehead atoms.